The fourth-order valence-corrected chi connectivity index (χ4v) is 2.26. The van der Waals surface area contributed by atoms with Gasteiger partial charge in [0.15, 0.2) is 0 Å². The first-order valence-corrected chi connectivity index (χ1v) is 7.96. The van der Waals surface area contributed by atoms with Crippen molar-refractivity contribution >= 4 is 34.8 Å². The number of aromatic nitrogens is 1. The van der Waals surface area contributed by atoms with Crippen LogP contribution >= 0.6 is 23.2 Å². The van der Waals surface area contributed by atoms with E-state index in [0.29, 0.717) is 22.3 Å². The maximum atomic E-state index is 12.0. The number of carbonyl (C=O) groups is 1. The number of nitrogens with one attached hydrogen (secondary N) is 2. The second-order valence-electron chi connectivity index (χ2n) is 4.90. The third-order valence-electron chi connectivity index (χ3n) is 3.15. The van der Waals surface area contributed by atoms with E-state index in [2.05, 4.69) is 15.8 Å². The van der Waals surface area contributed by atoms with Crippen LogP contribution in [0.2, 0.25) is 10.0 Å². The van der Waals surface area contributed by atoms with E-state index in [-0.39, 0.29) is 12.3 Å². The van der Waals surface area contributed by atoms with Gasteiger partial charge in [-0.25, -0.2) is 0 Å². The van der Waals surface area contributed by atoms with Gasteiger partial charge in [0.2, 0.25) is 5.91 Å². The molecule has 0 radical (unpaired) electrons. The summed E-state index contributed by atoms with van der Waals surface area (Å²) in [7, 11) is 1.49. The lowest BCUT2D eigenvalue weighted by molar-refractivity contribution is -0.120. The van der Waals surface area contributed by atoms with Gasteiger partial charge in [-0.1, -0.05) is 35.3 Å². The van der Waals surface area contributed by atoms with Gasteiger partial charge < -0.3 is 5.32 Å². The zero-order valence-corrected chi connectivity index (χ0v) is 14.6. The van der Waals surface area contributed by atoms with Crippen LogP contribution in [0, 0.1) is 0 Å². The molecule has 0 unspecified atom stereocenters. The molecule has 1 aromatic carbocycles. The van der Waals surface area contributed by atoms with Crippen molar-refractivity contribution in [2.45, 2.75) is 13.0 Å². The van der Waals surface area contributed by atoms with Crippen LogP contribution in [0.3, 0.4) is 0 Å². The molecule has 0 aliphatic heterocycles. The summed E-state index contributed by atoms with van der Waals surface area (Å²) in [6, 6.07) is 8.91. The molecule has 0 fully saturated rings. The third-order valence-corrected chi connectivity index (χ3v) is 3.89. The van der Waals surface area contributed by atoms with E-state index < -0.39 is 0 Å². The van der Waals surface area contributed by atoms with Gasteiger partial charge in [0.1, 0.15) is 0 Å². The Kier molecular flexibility index (Phi) is 7.06. The van der Waals surface area contributed by atoms with Gasteiger partial charge in [0, 0.05) is 30.9 Å². The summed E-state index contributed by atoms with van der Waals surface area (Å²) in [4.78, 5) is 20.9. The first-order chi connectivity index (χ1) is 11.6. The lowest BCUT2D eigenvalue weighted by atomic mass is 10.1. The minimum atomic E-state index is -0.116. The molecule has 0 bridgehead atoms. The fraction of sp³-hybridized carbons (Fsp3) is 0.176. The highest BCUT2D eigenvalue weighted by Gasteiger charge is 2.06. The van der Waals surface area contributed by atoms with Crippen LogP contribution in [-0.2, 0) is 16.2 Å². The highest BCUT2D eigenvalue weighted by atomic mass is 35.5. The first kappa shape index (κ1) is 18.3. The number of benzene rings is 1. The number of pyridine rings is 1. The van der Waals surface area contributed by atoms with Crippen LogP contribution in [-0.4, -0.2) is 18.0 Å². The second-order valence-corrected chi connectivity index (χ2v) is 5.71. The molecule has 0 saturated heterocycles. The number of amides is 1. The molecule has 126 valence electrons. The van der Waals surface area contributed by atoms with Crippen LogP contribution in [0.15, 0.2) is 48.8 Å². The summed E-state index contributed by atoms with van der Waals surface area (Å²) in [6.45, 7) is 0.431. The number of halogens is 2. The number of rotatable bonds is 7. The molecule has 1 amide bonds. The Morgan fingerprint density at radius 1 is 1.29 bits per heavy atom. The van der Waals surface area contributed by atoms with E-state index in [9.17, 15) is 4.79 Å². The summed E-state index contributed by atoms with van der Waals surface area (Å²) < 4.78 is 0. The molecule has 5 nitrogen and oxygen atoms in total. The number of hydrogen-bond donors (Lipinski definition) is 2. The monoisotopic (exact) mass is 365 g/mol. The topological polar surface area (TPSA) is 63.2 Å². The van der Waals surface area contributed by atoms with Crippen LogP contribution in [0.4, 0.5) is 0 Å². The number of carbonyl (C=O) groups excluding carboxylic acids is 1. The quantitative estimate of drug-likeness (QED) is 0.736. The third kappa shape index (κ3) is 5.53. The molecular weight excluding hydrogens is 349 g/mol. The van der Waals surface area contributed by atoms with E-state index in [4.69, 9.17) is 28.0 Å². The smallest absolute Gasteiger partial charge is 0.224 e. The van der Waals surface area contributed by atoms with Crippen molar-refractivity contribution < 1.29 is 9.63 Å². The first-order valence-electron chi connectivity index (χ1n) is 7.20. The molecule has 0 aliphatic rings. The minimum absolute atomic E-state index is 0.116. The van der Waals surface area contributed by atoms with Gasteiger partial charge in [0.25, 0.3) is 0 Å². The zero-order chi connectivity index (χ0) is 17.4. The van der Waals surface area contributed by atoms with E-state index in [0.717, 1.165) is 11.1 Å². The molecule has 0 atom stereocenters. The molecule has 2 rings (SSSR count). The molecule has 7 heteroatoms. The summed E-state index contributed by atoms with van der Waals surface area (Å²) in [5.74, 6) is -0.116. The second kappa shape index (κ2) is 9.27. The Morgan fingerprint density at radius 2 is 2.12 bits per heavy atom. The molecular formula is C17H17Cl2N3O2. The number of hydrogen-bond acceptors (Lipinski definition) is 4. The van der Waals surface area contributed by atoms with E-state index in [1.165, 1.54) is 7.11 Å². The van der Waals surface area contributed by atoms with Crippen molar-refractivity contribution in [3.63, 3.8) is 0 Å². The SMILES string of the molecule is CONC(=CCC(=O)NCc1cccnc1)c1ccc(Cl)c(Cl)c1. The van der Waals surface area contributed by atoms with Crippen LogP contribution in [0.5, 0.6) is 0 Å². The number of hydroxylamine groups is 1. The van der Waals surface area contributed by atoms with Crippen LogP contribution in [0.1, 0.15) is 17.5 Å². The van der Waals surface area contributed by atoms with E-state index in [1.807, 2.05) is 12.1 Å². The number of nitrogens with zero attached hydrogens (tertiary/aromatic N) is 1. The molecule has 0 aliphatic carbocycles. The van der Waals surface area contributed by atoms with Crippen molar-refractivity contribution in [2.24, 2.45) is 0 Å². The molecule has 1 heterocycles. The van der Waals surface area contributed by atoms with Crippen LogP contribution < -0.4 is 10.8 Å². The van der Waals surface area contributed by atoms with Crippen LogP contribution in [0.25, 0.3) is 5.70 Å². The van der Waals surface area contributed by atoms with Gasteiger partial charge >= 0.3 is 0 Å². The summed E-state index contributed by atoms with van der Waals surface area (Å²) in [5, 5.41) is 3.72. The Morgan fingerprint density at radius 3 is 2.79 bits per heavy atom. The Labute approximate surface area is 150 Å². The summed E-state index contributed by atoms with van der Waals surface area (Å²) in [5.41, 5.74) is 5.09. The normalized spacial score (nSPS) is 11.2. The molecule has 0 spiro atoms. The minimum Gasteiger partial charge on any atom is -0.352 e. The molecule has 2 aromatic rings. The van der Waals surface area contributed by atoms with Crippen molar-refractivity contribution in [1.29, 1.82) is 0 Å². The van der Waals surface area contributed by atoms with Crippen molar-refractivity contribution in [2.75, 3.05) is 7.11 Å². The predicted molar refractivity (Wildman–Crippen MR) is 95.3 cm³/mol. The largest absolute Gasteiger partial charge is 0.352 e. The van der Waals surface area contributed by atoms with Crippen molar-refractivity contribution in [1.82, 2.24) is 15.8 Å². The van der Waals surface area contributed by atoms with Crippen molar-refractivity contribution in [3.8, 4) is 0 Å². The lowest BCUT2D eigenvalue weighted by Gasteiger charge is -2.10. The van der Waals surface area contributed by atoms with E-state index in [1.54, 1.807) is 36.7 Å². The fourth-order valence-electron chi connectivity index (χ4n) is 1.96. The molecule has 2 N–H and O–H groups in total. The van der Waals surface area contributed by atoms with Gasteiger partial charge in [-0.3, -0.25) is 20.1 Å². The Hall–Kier alpha value is -2.08. The maximum Gasteiger partial charge on any atom is 0.224 e. The van der Waals surface area contributed by atoms with Gasteiger partial charge in [-0.15, -0.1) is 0 Å². The summed E-state index contributed by atoms with van der Waals surface area (Å²) >= 11 is 11.9. The predicted octanol–water partition coefficient (Wildman–Crippen LogP) is 3.59. The highest BCUT2D eigenvalue weighted by molar-refractivity contribution is 6.42. The Balaban J connectivity index is 1.99. The van der Waals surface area contributed by atoms with Gasteiger partial charge in [0.05, 0.1) is 22.9 Å². The molecule has 1 aromatic heterocycles. The molecule has 24 heavy (non-hydrogen) atoms. The van der Waals surface area contributed by atoms with E-state index >= 15 is 0 Å². The average Bonchev–Trinajstić information content (AvgIpc) is 2.60. The average molecular weight is 366 g/mol. The van der Waals surface area contributed by atoms with Gasteiger partial charge in [-0.2, -0.15) is 0 Å². The maximum absolute atomic E-state index is 12.0. The highest BCUT2D eigenvalue weighted by Crippen LogP contribution is 2.25. The lowest BCUT2D eigenvalue weighted by Crippen LogP contribution is -2.22. The van der Waals surface area contributed by atoms with Crippen molar-refractivity contribution in [3.05, 3.63) is 70.0 Å². The standard InChI is InChI=1S/C17H17Cl2N3O2/c1-24-22-16(13-4-5-14(18)15(19)9-13)6-7-17(23)21-11-12-3-2-8-20-10-12/h2-6,8-10,22H,7,11H2,1H3,(H,21,23). The van der Waals surface area contributed by atoms with Gasteiger partial charge in [-0.05, 0) is 29.8 Å². The summed E-state index contributed by atoms with van der Waals surface area (Å²) in [6.07, 6.45) is 5.31. The molecule has 0 saturated carbocycles. The Bertz CT molecular complexity index is 721. The zero-order valence-electron chi connectivity index (χ0n) is 13.1.